The minimum Gasteiger partial charge on any atom is -0.478 e. The monoisotopic (exact) mass is 962 g/mol. The van der Waals surface area contributed by atoms with Crippen molar-refractivity contribution in [3.05, 3.63) is 115 Å². The summed E-state index contributed by atoms with van der Waals surface area (Å²) >= 11 is 13.2. The first-order chi connectivity index (χ1) is 32.3. The Morgan fingerprint density at radius 2 is 1.33 bits per heavy atom. The molecule has 0 radical (unpaired) electrons. The van der Waals surface area contributed by atoms with Gasteiger partial charge in [0.1, 0.15) is 0 Å². The minimum atomic E-state index is -1.05. The number of allylic oxidation sites excluding steroid dienone is 6. The molecule has 0 aromatic heterocycles. The zero-order chi connectivity index (χ0) is 48.6. The number of ether oxygens (including phenoxy) is 1. The highest BCUT2D eigenvalue weighted by Gasteiger charge is 2.24. The number of hydrogen-bond acceptors (Lipinski definition) is 10. The molecule has 13 nitrogen and oxygen atoms in total. The number of rotatable bonds is 15. The zero-order valence-electron chi connectivity index (χ0n) is 39.6. The Labute approximate surface area is 406 Å². The Balaban J connectivity index is 0.000000293. The average molecular weight is 964 g/mol. The summed E-state index contributed by atoms with van der Waals surface area (Å²) in [5.41, 5.74) is 5.97. The second-order valence-electron chi connectivity index (χ2n) is 16.9. The van der Waals surface area contributed by atoms with Gasteiger partial charge in [-0.3, -0.25) is 9.59 Å². The fourth-order valence-corrected chi connectivity index (χ4v) is 8.51. The minimum absolute atomic E-state index is 0.0530. The fraction of sp³-hybridized carbons (Fsp3) is 0.500. The molecule has 0 bridgehead atoms. The Kier molecular flexibility index (Phi) is 23.9. The van der Waals surface area contributed by atoms with E-state index in [0.717, 1.165) is 107 Å². The van der Waals surface area contributed by atoms with Gasteiger partial charge in [-0.05, 0) is 150 Å². The van der Waals surface area contributed by atoms with Gasteiger partial charge >= 0.3 is 11.9 Å². The van der Waals surface area contributed by atoms with Crippen molar-refractivity contribution < 1.29 is 43.8 Å². The molecule has 15 heteroatoms. The van der Waals surface area contributed by atoms with Crippen molar-refractivity contribution in [2.75, 3.05) is 52.6 Å². The third-order valence-electron chi connectivity index (χ3n) is 11.5. The van der Waals surface area contributed by atoms with Gasteiger partial charge < -0.3 is 34.4 Å². The van der Waals surface area contributed by atoms with Gasteiger partial charge in [0.25, 0.3) is 11.8 Å². The number of fused-ring (bicyclic) bond motifs is 1. The van der Waals surface area contributed by atoms with Crippen LogP contribution >= 0.6 is 23.2 Å². The Morgan fingerprint density at radius 1 is 0.746 bits per heavy atom. The number of cyclic esters (lactones) is 1. The molecule has 0 spiro atoms. The van der Waals surface area contributed by atoms with Crippen LogP contribution in [0.25, 0.3) is 0 Å². The van der Waals surface area contributed by atoms with Crippen LogP contribution < -0.4 is 0 Å². The van der Waals surface area contributed by atoms with Crippen molar-refractivity contribution in [1.82, 2.24) is 9.80 Å². The molecule has 0 aliphatic carbocycles. The number of carboxylic acids is 1. The maximum absolute atomic E-state index is 12.9. The zero-order valence-corrected chi connectivity index (χ0v) is 41.1. The number of esters is 1. The number of aliphatic hydroxyl groups is 1. The summed E-state index contributed by atoms with van der Waals surface area (Å²) in [5, 5.41) is 28.0. The third-order valence-corrected chi connectivity index (χ3v) is 12.6. The summed E-state index contributed by atoms with van der Waals surface area (Å²) in [5.74, 6) is -1.59. The molecule has 3 aliphatic rings. The van der Waals surface area contributed by atoms with E-state index in [2.05, 4.69) is 16.4 Å². The predicted octanol–water partition coefficient (Wildman–Crippen LogP) is 10.2. The van der Waals surface area contributed by atoms with Gasteiger partial charge in [0, 0.05) is 55.7 Å². The van der Waals surface area contributed by atoms with Gasteiger partial charge in [0.15, 0.2) is 13.2 Å². The highest BCUT2D eigenvalue weighted by atomic mass is 35.5. The van der Waals surface area contributed by atoms with Gasteiger partial charge in [-0.25, -0.2) is 9.59 Å². The average Bonchev–Trinajstić information content (AvgIpc) is 3.31. The number of carbonyl (C=O) groups is 4. The van der Waals surface area contributed by atoms with E-state index in [1.165, 1.54) is 0 Å². The first-order valence-electron chi connectivity index (χ1n) is 23.5. The summed E-state index contributed by atoms with van der Waals surface area (Å²) in [4.78, 5) is 64.1. The van der Waals surface area contributed by atoms with Crippen LogP contribution in [-0.2, 0) is 36.8 Å². The lowest BCUT2D eigenvalue weighted by Gasteiger charge is -2.26. The quantitative estimate of drug-likeness (QED) is 0.0580. The van der Waals surface area contributed by atoms with E-state index in [0.29, 0.717) is 69.6 Å². The van der Waals surface area contributed by atoms with E-state index < -0.39 is 5.97 Å². The number of hydrogen-bond donors (Lipinski definition) is 2. The van der Waals surface area contributed by atoms with Crippen LogP contribution in [0.2, 0.25) is 10.0 Å². The summed E-state index contributed by atoms with van der Waals surface area (Å²) in [6.45, 7) is 10.6. The summed E-state index contributed by atoms with van der Waals surface area (Å²) in [7, 11) is 0. The summed E-state index contributed by atoms with van der Waals surface area (Å²) < 4.78 is 5.52. The molecule has 67 heavy (non-hydrogen) atoms. The van der Waals surface area contributed by atoms with Crippen LogP contribution in [0.4, 0.5) is 0 Å². The lowest BCUT2D eigenvalue weighted by atomic mass is 9.94. The number of unbranched alkanes of at least 4 members (excludes halogenated alkanes) is 1. The van der Waals surface area contributed by atoms with Gasteiger partial charge in [-0.1, -0.05) is 82.1 Å². The number of aliphatic hydroxyl groups excluding tert-OH is 1. The lowest BCUT2D eigenvalue weighted by molar-refractivity contribution is -0.137. The molecule has 2 saturated heterocycles. The number of aryl methyl sites for hydroxylation is 4. The van der Waals surface area contributed by atoms with E-state index in [1.807, 2.05) is 68.2 Å². The highest BCUT2D eigenvalue weighted by Crippen LogP contribution is 2.30. The smallest absolute Gasteiger partial charge is 0.338 e. The van der Waals surface area contributed by atoms with Crippen molar-refractivity contribution in [1.29, 1.82) is 0 Å². The van der Waals surface area contributed by atoms with Crippen molar-refractivity contribution in [2.45, 2.75) is 118 Å². The van der Waals surface area contributed by atoms with Gasteiger partial charge in [-0.15, -0.1) is 0 Å². The molecule has 0 unspecified atom stereocenters. The first kappa shape index (κ1) is 54.4. The number of carbonyl (C=O) groups excluding carboxylic acids is 3. The van der Waals surface area contributed by atoms with Crippen LogP contribution in [0, 0.1) is 27.7 Å². The van der Waals surface area contributed by atoms with Crippen molar-refractivity contribution >= 4 is 58.4 Å². The number of piperidine rings is 2. The molecule has 2 amide bonds. The van der Waals surface area contributed by atoms with Crippen LogP contribution in [0.1, 0.15) is 131 Å². The van der Waals surface area contributed by atoms with Gasteiger partial charge in [0.2, 0.25) is 0 Å². The topological polar surface area (TPSA) is 168 Å². The number of amides is 2. The SMILES string of the molecule is Cc1cc(C)c(C(=O)O)c(CC(/C=C/CC/C=C/CCO)=NOCC(=O)N2CCCCC2)c1Cl.Cc1cc(C)c2c(c1Cl)CC(=NOCC(=O)N1CCCCC1)/C=C/CC/C=C/CCOC2=O. The first-order valence-corrected chi connectivity index (χ1v) is 24.2. The van der Waals surface area contributed by atoms with E-state index in [4.69, 9.17) is 42.7 Å². The molecular weight excluding hydrogens is 895 g/mol. The molecule has 2 aromatic rings. The maximum atomic E-state index is 12.9. The number of benzene rings is 2. The maximum Gasteiger partial charge on any atom is 0.338 e. The lowest BCUT2D eigenvalue weighted by Crippen LogP contribution is -2.37. The van der Waals surface area contributed by atoms with Crippen molar-refractivity contribution in [3.8, 4) is 0 Å². The number of likely N-dealkylation sites (tertiary alicyclic amines) is 2. The van der Waals surface area contributed by atoms with E-state index >= 15 is 0 Å². The second-order valence-corrected chi connectivity index (χ2v) is 17.7. The largest absolute Gasteiger partial charge is 0.478 e. The molecule has 3 heterocycles. The van der Waals surface area contributed by atoms with Crippen LogP contribution in [-0.4, -0.2) is 108 Å². The molecule has 2 fully saturated rings. The number of carboxylic acid groups (broad SMARTS) is 1. The molecule has 5 rings (SSSR count). The number of oxime groups is 2. The highest BCUT2D eigenvalue weighted by molar-refractivity contribution is 6.33. The summed E-state index contributed by atoms with van der Waals surface area (Å²) in [6, 6.07) is 3.65. The van der Waals surface area contributed by atoms with Crippen molar-refractivity contribution in [2.24, 2.45) is 10.3 Å². The van der Waals surface area contributed by atoms with Crippen LogP contribution in [0.15, 0.2) is 71.1 Å². The molecule has 364 valence electrons. The van der Waals surface area contributed by atoms with Crippen LogP contribution in [0.3, 0.4) is 0 Å². The Hall–Kier alpha value is -5.24. The number of nitrogens with zero attached hydrogens (tertiary/aromatic N) is 4. The molecule has 0 atom stereocenters. The Morgan fingerprint density at radius 3 is 1.99 bits per heavy atom. The number of halogens is 2. The molecule has 2 N–H and O–H groups in total. The standard InChI is InChI=1S/C26H35ClN2O5.C26H33ClN2O4/c1-19-16-20(2)25(27)22(24(19)26(32)33)17-21(12-8-5-3-4-6-11-15-30)28-34-18-23(31)29-13-9-7-10-14-29;1-19-16-20(2)25(27)22-17-21(28-33-18-23(30)29-13-9-7-10-14-29)12-8-5-3-4-6-11-15-32-26(31)24(19)22/h4,6,8,12,16,30H,3,5,7,9-11,13-15,17-18H2,1-2H3,(H,32,33);4,6,8,12,16H,3,5,7,9-11,13-15,17-18H2,1-2H3/b2*6-4+,12-8+,28-21?. The molecule has 0 saturated carbocycles. The summed E-state index contributed by atoms with van der Waals surface area (Å²) in [6.07, 6.45) is 27.0. The van der Waals surface area contributed by atoms with E-state index in [9.17, 15) is 24.3 Å². The molecular formula is C52H68Cl2N4O9. The van der Waals surface area contributed by atoms with Crippen LogP contribution in [0.5, 0.6) is 0 Å². The van der Waals surface area contributed by atoms with Gasteiger partial charge in [0.05, 0.1) is 29.2 Å². The van der Waals surface area contributed by atoms with E-state index in [1.54, 1.807) is 24.0 Å². The molecule has 2 aromatic carbocycles. The Bertz CT molecular complexity index is 2180. The van der Waals surface area contributed by atoms with Gasteiger partial charge in [-0.2, -0.15) is 0 Å². The number of aromatic carboxylic acids is 1. The predicted molar refractivity (Wildman–Crippen MR) is 265 cm³/mol. The van der Waals surface area contributed by atoms with Crippen molar-refractivity contribution in [3.63, 3.8) is 0 Å². The molecule has 3 aliphatic heterocycles. The fourth-order valence-electron chi connectivity index (χ4n) is 8.08. The van der Waals surface area contributed by atoms with E-state index in [-0.39, 0.29) is 49.6 Å². The third kappa shape index (κ3) is 18.1. The second kappa shape index (κ2) is 29.5. The normalized spacial score (nSPS) is 17.9.